The Morgan fingerprint density at radius 2 is 1.44 bits per heavy atom. The highest BCUT2D eigenvalue weighted by Gasteiger charge is 2.17. The number of halogens is 1. The maximum Gasteiger partial charge on any atom is 0.131 e. The molecule has 0 N–H and O–H groups in total. The van der Waals surface area contributed by atoms with Crippen molar-refractivity contribution in [3.05, 3.63) is 108 Å². The molecule has 1 saturated carbocycles. The summed E-state index contributed by atoms with van der Waals surface area (Å²) in [5, 5.41) is 0. The van der Waals surface area contributed by atoms with Gasteiger partial charge in [0.05, 0.1) is 6.61 Å². The number of hydrogen-bond acceptors (Lipinski definition) is 1. The van der Waals surface area contributed by atoms with Crippen LogP contribution in [0.1, 0.15) is 43.2 Å². The normalized spacial score (nSPS) is 18.3. The van der Waals surface area contributed by atoms with Crippen LogP contribution in [-0.4, -0.2) is 7.11 Å². The monoisotopic (exact) mass is 454 g/mol. The van der Waals surface area contributed by atoms with E-state index in [1.165, 1.54) is 25.7 Å². The average molecular weight is 455 g/mol. The Labute approximate surface area is 204 Å². The predicted octanol–water partition coefficient (Wildman–Crippen LogP) is 8.79. The van der Waals surface area contributed by atoms with Crippen molar-refractivity contribution >= 4 is 0 Å². The van der Waals surface area contributed by atoms with Crippen molar-refractivity contribution in [2.45, 2.75) is 45.1 Å². The summed E-state index contributed by atoms with van der Waals surface area (Å²) in [7, 11) is 1.70. The van der Waals surface area contributed by atoms with Crippen LogP contribution in [0.25, 0.3) is 22.3 Å². The Hall–Kier alpha value is -2.97. The molecule has 0 aliphatic heterocycles. The standard InChI is InChI=1S/C32H35FO/c1-3-24-8-10-25(11-9-24)6-4-5-7-26-14-21-31(32(33)22-26)30-19-17-29(18-20-30)28-15-12-27(13-16-28)23-34-2/h3-5,12-22,24-25H,1,6-11,23H2,2H3/t24-,25-. The number of methoxy groups -OCH3 is 1. The quantitative estimate of drug-likeness (QED) is 0.294. The van der Waals surface area contributed by atoms with Crippen molar-refractivity contribution in [3.8, 4) is 22.3 Å². The molecule has 1 aliphatic rings. The third kappa shape index (κ3) is 6.33. The van der Waals surface area contributed by atoms with Gasteiger partial charge in [0.15, 0.2) is 0 Å². The van der Waals surface area contributed by atoms with E-state index in [1.807, 2.05) is 24.3 Å². The van der Waals surface area contributed by atoms with E-state index in [1.54, 1.807) is 13.2 Å². The minimum absolute atomic E-state index is 0.162. The fraction of sp³-hybridized carbons (Fsp3) is 0.312. The van der Waals surface area contributed by atoms with Crippen LogP contribution in [0.2, 0.25) is 0 Å². The molecule has 176 valence electrons. The first-order valence-corrected chi connectivity index (χ1v) is 12.4. The molecule has 34 heavy (non-hydrogen) atoms. The molecule has 0 saturated heterocycles. The summed E-state index contributed by atoms with van der Waals surface area (Å²) < 4.78 is 20.1. The highest BCUT2D eigenvalue weighted by Crippen LogP contribution is 2.31. The van der Waals surface area contributed by atoms with Crippen molar-refractivity contribution in [2.24, 2.45) is 11.8 Å². The molecule has 0 heterocycles. The van der Waals surface area contributed by atoms with Gasteiger partial charge in [-0.15, -0.1) is 6.58 Å². The Kier molecular flexibility index (Phi) is 8.49. The van der Waals surface area contributed by atoms with Crippen LogP contribution in [0.5, 0.6) is 0 Å². The Balaban J connectivity index is 1.34. The summed E-state index contributed by atoms with van der Waals surface area (Å²) in [6, 6.07) is 22.1. The summed E-state index contributed by atoms with van der Waals surface area (Å²) >= 11 is 0. The number of hydrogen-bond donors (Lipinski definition) is 0. The van der Waals surface area contributed by atoms with Crippen LogP contribution in [0, 0.1) is 17.7 Å². The zero-order valence-electron chi connectivity index (χ0n) is 20.2. The molecule has 0 spiro atoms. The van der Waals surface area contributed by atoms with Gasteiger partial charge < -0.3 is 4.74 Å². The van der Waals surface area contributed by atoms with E-state index in [4.69, 9.17) is 4.74 Å². The molecular formula is C32H35FO. The topological polar surface area (TPSA) is 9.23 Å². The third-order valence-corrected chi connectivity index (χ3v) is 7.04. The smallest absolute Gasteiger partial charge is 0.131 e. The molecule has 1 nitrogen and oxygen atoms in total. The lowest BCUT2D eigenvalue weighted by Gasteiger charge is -2.25. The third-order valence-electron chi connectivity index (χ3n) is 7.04. The fourth-order valence-corrected chi connectivity index (χ4v) is 4.89. The van der Waals surface area contributed by atoms with Gasteiger partial charge in [0.2, 0.25) is 0 Å². The van der Waals surface area contributed by atoms with E-state index < -0.39 is 0 Å². The first-order chi connectivity index (χ1) is 16.7. The number of ether oxygens (including phenoxy) is 1. The summed E-state index contributed by atoms with van der Waals surface area (Å²) in [4.78, 5) is 0. The predicted molar refractivity (Wildman–Crippen MR) is 141 cm³/mol. The maximum atomic E-state index is 14.9. The molecule has 4 rings (SSSR count). The molecular weight excluding hydrogens is 419 g/mol. The van der Waals surface area contributed by atoms with Gasteiger partial charge in [-0.2, -0.15) is 0 Å². The van der Waals surface area contributed by atoms with Crippen molar-refractivity contribution in [3.63, 3.8) is 0 Å². The number of rotatable bonds is 9. The van der Waals surface area contributed by atoms with Gasteiger partial charge >= 0.3 is 0 Å². The van der Waals surface area contributed by atoms with E-state index >= 15 is 0 Å². The van der Waals surface area contributed by atoms with Crippen molar-refractivity contribution in [1.29, 1.82) is 0 Å². The van der Waals surface area contributed by atoms with Gasteiger partial charge in [-0.05, 0) is 84.2 Å². The Morgan fingerprint density at radius 1 is 0.824 bits per heavy atom. The van der Waals surface area contributed by atoms with E-state index in [0.29, 0.717) is 18.1 Å². The molecule has 2 heteroatoms. The van der Waals surface area contributed by atoms with Crippen molar-refractivity contribution in [1.82, 2.24) is 0 Å². The fourth-order valence-electron chi connectivity index (χ4n) is 4.89. The Bertz CT molecular complexity index is 1090. The number of allylic oxidation sites excluding steroid dienone is 3. The zero-order valence-corrected chi connectivity index (χ0v) is 20.2. The van der Waals surface area contributed by atoms with Gasteiger partial charge in [0.25, 0.3) is 0 Å². The van der Waals surface area contributed by atoms with E-state index in [2.05, 4.69) is 61.2 Å². The molecule has 0 radical (unpaired) electrons. The van der Waals surface area contributed by atoms with E-state index in [9.17, 15) is 4.39 Å². The molecule has 1 aliphatic carbocycles. The molecule has 0 unspecified atom stereocenters. The van der Waals surface area contributed by atoms with Crippen molar-refractivity contribution < 1.29 is 9.13 Å². The lowest BCUT2D eigenvalue weighted by molar-refractivity contribution is 0.185. The summed E-state index contributed by atoms with van der Waals surface area (Å²) in [6.45, 7) is 4.54. The highest BCUT2D eigenvalue weighted by atomic mass is 19.1. The minimum Gasteiger partial charge on any atom is -0.380 e. The van der Waals surface area contributed by atoms with Crippen LogP contribution in [0.15, 0.2) is 91.5 Å². The average Bonchev–Trinajstić information content (AvgIpc) is 2.88. The summed E-state index contributed by atoms with van der Waals surface area (Å²) in [6.07, 6.45) is 13.6. The second kappa shape index (κ2) is 11.9. The summed E-state index contributed by atoms with van der Waals surface area (Å²) in [5.41, 5.74) is 5.97. The lowest BCUT2D eigenvalue weighted by atomic mass is 9.80. The van der Waals surface area contributed by atoms with E-state index in [-0.39, 0.29) is 5.82 Å². The molecule has 0 aromatic heterocycles. The minimum atomic E-state index is -0.162. The maximum absolute atomic E-state index is 14.9. The first-order valence-electron chi connectivity index (χ1n) is 12.4. The SMILES string of the molecule is C=C[C@H]1CC[C@H](CC=CCc2ccc(-c3ccc(-c4ccc(COC)cc4)cc3)c(F)c2)CC1. The van der Waals surface area contributed by atoms with Gasteiger partial charge in [0.1, 0.15) is 5.82 Å². The number of benzene rings is 3. The van der Waals surface area contributed by atoms with Gasteiger partial charge in [0, 0.05) is 12.7 Å². The Morgan fingerprint density at radius 3 is 2.06 bits per heavy atom. The van der Waals surface area contributed by atoms with Gasteiger partial charge in [-0.1, -0.05) is 78.9 Å². The van der Waals surface area contributed by atoms with E-state index in [0.717, 1.165) is 46.6 Å². The molecule has 0 atom stereocenters. The second-order valence-electron chi connectivity index (χ2n) is 9.45. The van der Waals surface area contributed by atoms with Crippen LogP contribution in [0.3, 0.4) is 0 Å². The van der Waals surface area contributed by atoms with Crippen LogP contribution in [-0.2, 0) is 17.8 Å². The van der Waals surface area contributed by atoms with Crippen LogP contribution >= 0.6 is 0 Å². The second-order valence-corrected chi connectivity index (χ2v) is 9.45. The largest absolute Gasteiger partial charge is 0.380 e. The first kappa shape index (κ1) is 24.2. The summed E-state index contributed by atoms with van der Waals surface area (Å²) in [5.74, 6) is 1.34. The van der Waals surface area contributed by atoms with Crippen molar-refractivity contribution in [2.75, 3.05) is 7.11 Å². The van der Waals surface area contributed by atoms with Crippen LogP contribution in [0.4, 0.5) is 4.39 Å². The molecule has 0 bridgehead atoms. The highest BCUT2D eigenvalue weighted by molar-refractivity contribution is 5.71. The molecule has 0 amide bonds. The van der Waals surface area contributed by atoms with Crippen LogP contribution < -0.4 is 0 Å². The molecule has 1 fully saturated rings. The lowest BCUT2D eigenvalue weighted by Crippen LogP contribution is -2.12. The van der Waals surface area contributed by atoms with Gasteiger partial charge in [-0.3, -0.25) is 0 Å². The molecule has 3 aromatic rings. The zero-order chi connectivity index (χ0) is 23.8. The molecule has 3 aromatic carbocycles. The van der Waals surface area contributed by atoms with Gasteiger partial charge in [-0.25, -0.2) is 4.39 Å².